The molecular formula is C25H30ClN5O6S. The van der Waals surface area contributed by atoms with Gasteiger partial charge in [0.05, 0.1) is 10.6 Å². The van der Waals surface area contributed by atoms with E-state index in [1.54, 1.807) is 52.0 Å². The lowest BCUT2D eigenvalue weighted by Crippen LogP contribution is -2.40. The van der Waals surface area contributed by atoms with E-state index in [0.717, 1.165) is 12.1 Å². The summed E-state index contributed by atoms with van der Waals surface area (Å²) in [6.45, 7) is 10.3. The largest absolute Gasteiger partial charge is 0.437 e. The summed E-state index contributed by atoms with van der Waals surface area (Å²) < 4.78 is 36.5. The van der Waals surface area contributed by atoms with Gasteiger partial charge in [0.1, 0.15) is 10.6 Å². The molecule has 1 atom stereocenters. The number of nitrogens with one attached hydrogen (secondary N) is 2. The molecule has 2 aromatic carbocycles. The quantitative estimate of drug-likeness (QED) is 0.271. The zero-order valence-corrected chi connectivity index (χ0v) is 23.5. The highest BCUT2D eigenvalue weighted by molar-refractivity contribution is 7.89. The van der Waals surface area contributed by atoms with Crippen LogP contribution in [0, 0.1) is 17.0 Å². The second-order valence-corrected chi connectivity index (χ2v) is 11.9. The van der Waals surface area contributed by atoms with Crippen molar-refractivity contribution in [3.8, 4) is 17.3 Å². The number of hydrogen-bond donors (Lipinski definition) is 2. The lowest BCUT2D eigenvalue weighted by atomic mass is 10.1. The number of non-ortho nitro benzene ring substituents is 1. The highest BCUT2D eigenvalue weighted by Gasteiger charge is 2.30. The number of nitro groups is 1. The maximum atomic E-state index is 13.3. The predicted octanol–water partition coefficient (Wildman–Crippen LogP) is 5.14. The highest BCUT2D eigenvalue weighted by Crippen LogP contribution is 2.36. The fourth-order valence-electron chi connectivity index (χ4n) is 3.43. The van der Waals surface area contributed by atoms with Crippen molar-refractivity contribution >= 4 is 33.2 Å². The molecule has 0 spiro atoms. The minimum atomic E-state index is -4.26. The SMILES string of the molecule is CC[C@@H](C)NC(=O)c1nn(-c2ccc(Cl)cc2)c(Oc2ccc([N+](=O)[O-])cc2S(=O)(=O)NC(C)(C)C)c1C. The Balaban J connectivity index is 2.21. The van der Waals surface area contributed by atoms with Crippen LogP contribution in [0.5, 0.6) is 11.6 Å². The third-order valence-electron chi connectivity index (χ3n) is 5.42. The molecule has 3 rings (SSSR count). The van der Waals surface area contributed by atoms with Gasteiger partial charge in [-0.1, -0.05) is 18.5 Å². The normalized spacial score (nSPS) is 12.7. The topological polar surface area (TPSA) is 145 Å². The molecule has 38 heavy (non-hydrogen) atoms. The molecule has 1 aromatic heterocycles. The average molecular weight is 564 g/mol. The second-order valence-electron chi connectivity index (χ2n) is 9.80. The first-order valence-corrected chi connectivity index (χ1v) is 13.7. The van der Waals surface area contributed by atoms with Gasteiger partial charge in [-0.05, 0) is 71.4 Å². The number of nitrogens with zero attached hydrogens (tertiary/aromatic N) is 3. The van der Waals surface area contributed by atoms with E-state index in [1.165, 1.54) is 10.7 Å². The Bertz CT molecular complexity index is 1460. The Hall–Kier alpha value is -3.48. The smallest absolute Gasteiger partial charge is 0.272 e. The standard InChI is InChI=1S/C25H30ClN5O6S/c1-7-15(2)27-23(32)22-16(3)24(30(28-22)18-10-8-17(26)9-11-18)37-20-13-12-19(31(33)34)14-21(20)38(35,36)29-25(4,5)6/h8-15,29H,7H2,1-6H3,(H,27,32)/t15-/m1/s1. The zero-order chi connectivity index (χ0) is 28.4. The minimum Gasteiger partial charge on any atom is -0.437 e. The third kappa shape index (κ3) is 6.69. The van der Waals surface area contributed by atoms with Crippen LogP contribution in [0.25, 0.3) is 5.69 Å². The Kier molecular flexibility index (Phi) is 8.49. The number of rotatable bonds is 9. The van der Waals surface area contributed by atoms with Crippen LogP contribution in [0.4, 0.5) is 5.69 Å². The van der Waals surface area contributed by atoms with Gasteiger partial charge in [0, 0.05) is 34.3 Å². The molecule has 0 fully saturated rings. The molecule has 0 saturated carbocycles. The summed E-state index contributed by atoms with van der Waals surface area (Å²) in [5.74, 6) is -0.553. The van der Waals surface area contributed by atoms with Crippen LogP contribution in [0.3, 0.4) is 0 Å². The van der Waals surface area contributed by atoms with Gasteiger partial charge in [0.15, 0.2) is 5.69 Å². The summed E-state index contributed by atoms with van der Waals surface area (Å²) >= 11 is 6.04. The van der Waals surface area contributed by atoms with E-state index in [9.17, 15) is 23.3 Å². The summed E-state index contributed by atoms with van der Waals surface area (Å²) in [6.07, 6.45) is 0.705. The number of nitro benzene ring substituents is 1. The number of aromatic nitrogens is 2. The van der Waals surface area contributed by atoms with Crippen LogP contribution < -0.4 is 14.8 Å². The van der Waals surface area contributed by atoms with Gasteiger partial charge < -0.3 is 10.1 Å². The van der Waals surface area contributed by atoms with Crippen LogP contribution >= 0.6 is 11.6 Å². The first kappa shape index (κ1) is 29.1. The van der Waals surface area contributed by atoms with Crippen molar-refractivity contribution in [3.05, 3.63) is 68.9 Å². The molecular weight excluding hydrogens is 534 g/mol. The molecule has 0 aliphatic heterocycles. The van der Waals surface area contributed by atoms with E-state index in [2.05, 4.69) is 15.1 Å². The molecule has 204 valence electrons. The molecule has 0 saturated heterocycles. The van der Waals surface area contributed by atoms with Crippen LogP contribution in [0.2, 0.25) is 5.02 Å². The van der Waals surface area contributed by atoms with E-state index in [0.29, 0.717) is 22.7 Å². The number of carbonyl (C=O) groups excluding carboxylic acids is 1. The highest BCUT2D eigenvalue weighted by atomic mass is 35.5. The van der Waals surface area contributed by atoms with Gasteiger partial charge in [0.2, 0.25) is 15.9 Å². The third-order valence-corrected chi connectivity index (χ3v) is 7.45. The van der Waals surface area contributed by atoms with Crippen LogP contribution in [-0.4, -0.2) is 40.6 Å². The van der Waals surface area contributed by atoms with Crippen LogP contribution in [0.1, 0.15) is 57.1 Å². The number of sulfonamides is 1. The molecule has 0 bridgehead atoms. The Labute approximate surface area is 226 Å². The summed E-state index contributed by atoms with van der Waals surface area (Å²) in [4.78, 5) is 23.3. The first-order chi connectivity index (χ1) is 17.6. The van der Waals surface area contributed by atoms with Crippen molar-refractivity contribution in [2.75, 3.05) is 0 Å². The van der Waals surface area contributed by atoms with Gasteiger partial charge in [0.25, 0.3) is 11.6 Å². The van der Waals surface area contributed by atoms with Crippen molar-refractivity contribution in [1.29, 1.82) is 0 Å². The number of carbonyl (C=O) groups is 1. The molecule has 0 aliphatic carbocycles. The predicted molar refractivity (Wildman–Crippen MR) is 144 cm³/mol. The van der Waals surface area contributed by atoms with Crippen LogP contribution in [0.15, 0.2) is 47.4 Å². The molecule has 13 heteroatoms. The minimum absolute atomic E-state index is 0.0580. The number of amides is 1. The number of ether oxygens (including phenoxy) is 1. The van der Waals surface area contributed by atoms with Crippen molar-refractivity contribution in [1.82, 2.24) is 19.8 Å². The fourth-order valence-corrected chi connectivity index (χ4v) is 5.13. The zero-order valence-electron chi connectivity index (χ0n) is 21.9. The summed E-state index contributed by atoms with van der Waals surface area (Å²) in [5, 5.41) is 19.2. The molecule has 2 N–H and O–H groups in total. The van der Waals surface area contributed by atoms with Crippen molar-refractivity contribution in [3.63, 3.8) is 0 Å². The Morgan fingerprint density at radius 1 is 1.21 bits per heavy atom. The Morgan fingerprint density at radius 2 is 1.84 bits per heavy atom. The van der Waals surface area contributed by atoms with E-state index < -0.39 is 37.0 Å². The molecule has 11 nitrogen and oxygen atoms in total. The van der Waals surface area contributed by atoms with Gasteiger partial charge in [-0.2, -0.15) is 9.78 Å². The summed E-state index contributed by atoms with van der Waals surface area (Å²) in [7, 11) is -4.26. The molecule has 1 heterocycles. The van der Waals surface area contributed by atoms with Crippen molar-refractivity contribution in [2.24, 2.45) is 0 Å². The number of benzene rings is 2. The van der Waals surface area contributed by atoms with Gasteiger partial charge >= 0.3 is 0 Å². The van der Waals surface area contributed by atoms with E-state index in [4.69, 9.17) is 16.3 Å². The van der Waals surface area contributed by atoms with Gasteiger partial charge in [-0.15, -0.1) is 0 Å². The summed E-state index contributed by atoms with van der Waals surface area (Å²) in [5.41, 5.74) is -0.388. The lowest BCUT2D eigenvalue weighted by molar-refractivity contribution is -0.385. The maximum Gasteiger partial charge on any atom is 0.272 e. The van der Waals surface area contributed by atoms with Crippen molar-refractivity contribution in [2.45, 2.75) is 64.4 Å². The van der Waals surface area contributed by atoms with E-state index in [1.807, 2.05) is 13.8 Å². The molecule has 1 amide bonds. The average Bonchev–Trinajstić information content (AvgIpc) is 3.14. The van der Waals surface area contributed by atoms with Gasteiger partial charge in [-0.25, -0.2) is 13.1 Å². The molecule has 0 radical (unpaired) electrons. The molecule has 3 aromatic rings. The maximum absolute atomic E-state index is 13.3. The molecule has 0 aliphatic rings. The van der Waals surface area contributed by atoms with Crippen molar-refractivity contribution < 1.29 is 22.9 Å². The monoisotopic (exact) mass is 563 g/mol. The molecule has 0 unspecified atom stereocenters. The van der Waals surface area contributed by atoms with E-state index in [-0.39, 0.29) is 23.4 Å². The fraction of sp³-hybridized carbons (Fsp3) is 0.360. The Morgan fingerprint density at radius 3 is 2.39 bits per heavy atom. The van der Waals surface area contributed by atoms with Crippen LogP contribution in [-0.2, 0) is 10.0 Å². The second kappa shape index (κ2) is 11.1. The van der Waals surface area contributed by atoms with Gasteiger partial charge in [-0.3, -0.25) is 14.9 Å². The number of halogens is 1. The lowest BCUT2D eigenvalue weighted by Gasteiger charge is -2.21. The first-order valence-electron chi connectivity index (χ1n) is 11.8. The number of hydrogen-bond acceptors (Lipinski definition) is 7. The summed E-state index contributed by atoms with van der Waals surface area (Å²) in [6, 6.07) is 9.74. The van der Waals surface area contributed by atoms with E-state index >= 15 is 0 Å².